The van der Waals surface area contributed by atoms with E-state index in [4.69, 9.17) is 0 Å². The number of hydrogen-bond acceptors (Lipinski definition) is 3. The molecule has 0 saturated carbocycles. The quantitative estimate of drug-likeness (QED) is 0.747. The molecule has 0 aliphatic rings. The second-order valence-electron chi connectivity index (χ2n) is 4.80. The highest BCUT2D eigenvalue weighted by Gasteiger charge is 2.05. The van der Waals surface area contributed by atoms with Gasteiger partial charge < -0.3 is 10.2 Å². The van der Waals surface area contributed by atoms with Gasteiger partial charge in [-0.05, 0) is 39.9 Å². The molecule has 0 bridgehead atoms. The molecule has 1 unspecified atom stereocenters. The van der Waals surface area contributed by atoms with E-state index in [1.165, 1.54) is 24.8 Å². The van der Waals surface area contributed by atoms with Crippen LogP contribution in [-0.2, 0) is 13.6 Å². The first-order valence-electron chi connectivity index (χ1n) is 6.49. The summed E-state index contributed by atoms with van der Waals surface area (Å²) in [6, 6.07) is 0.668. The van der Waals surface area contributed by atoms with Crippen LogP contribution in [0.1, 0.15) is 31.7 Å². The molecule has 1 heterocycles. The monoisotopic (exact) mass is 238 g/mol. The minimum atomic E-state index is 0.668. The van der Waals surface area contributed by atoms with Crippen molar-refractivity contribution in [2.75, 3.05) is 20.6 Å². The maximum atomic E-state index is 4.18. The fourth-order valence-electron chi connectivity index (χ4n) is 2.10. The van der Waals surface area contributed by atoms with Gasteiger partial charge in [-0.2, -0.15) is 5.10 Å². The molecule has 0 aliphatic heterocycles. The Labute approximate surface area is 105 Å². The van der Waals surface area contributed by atoms with E-state index in [1.54, 1.807) is 0 Å². The largest absolute Gasteiger partial charge is 0.317 e. The van der Waals surface area contributed by atoms with Gasteiger partial charge in [0.1, 0.15) is 0 Å². The summed E-state index contributed by atoms with van der Waals surface area (Å²) in [4.78, 5) is 2.36. The minimum absolute atomic E-state index is 0.668. The average Bonchev–Trinajstić information content (AvgIpc) is 2.70. The Balaban J connectivity index is 2.19. The van der Waals surface area contributed by atoms with Crippen LogP contribution in [0.4, 0.5) is 0 Å². The first-order valence-corrected chi connectivity index (χ1v) is 6.49. The lowest BCUT2D eigenvalue weighted by atomic mass is 10.1. The Bertz CT molecular complexity index is 304. The van der Waals surface area contributed by atoms with Gasteiger partial charge in [0.25, 0.3) is 0 Å². The zero-order valence-corrected chi connectivity index (χ0v) is 11.6. The van der Waals surface area contributed by atoms with E-state index in [0.29, 0.717) is 6.04 Å². The Hall–Kier alpha value is -0.870. The molecule has 0 saturated heterocycles. The third kappa shape index (κ3) is 5.33. The van der Waals surface area contributed by atoms with Gasteiger partial charge in [0.15, 0.2) is 0 Å². The molecule has 4 nitrogen and oxygen atoms in total. The summed E-state index contributed by atoms with van der Waals surface area (Å²) in [6.45, 7) is 4.37. The molecule has 1 aromatic heterocycles. The Morgan fingerprint density at radius 1 is 1.53 bits per heavy atom. The third-order valence-corrected chi connectivity index (χ3v) is 3.20. The van der Waals surface area contributed by atoms with E-state index in [-0.39, 0.29) is 0 Å². The fourth-order valence-corrected chi connectivity index (χ4v) is 2.10. The van der Waals surface area contributed by atoms with Gasteiger partial charge in [0.05, 0.1) is 6.20 Å². The van der Waals surface area contributed by atoms with Crippen LogP contribution in [0.15, 0.2) is 12.4 Å². The number of nitrogens with zero attached hydrogens (tertiary/aromatic N) is 3. The molecular formula is C13H26N4. The summed E-state index contributed by atoms with van der Waals surface area (Å²) in [5.74, 6) is 0. The van der Waals surface area contributed by atoms with Crippen molar-refractivity contribution in [2.24, 2.45) is 7.05 Å². The Kier molecular flexibility index (Phi) is 6.22. The molecule has 0 aliphatic carbocycles. The van der Waals surface area contributed by atoms with Crippen molar-refractivity contribution >= 4 is 0 Å². The van der Waals surface area contributed by atoms with E-state index < -0.39 is 0 Å². The van der Waals surface area contributed by atoms with Gasteiger partial charge in [-0.25, -0.2) is 0 Å². The van der Waals surface area contributed by atoms with E-state index in [9.17, 15) is 0 Å². The lowest BCUT2D eigenvalue weighted by molar-refractivity contribution is 0.309. The van der Waals surface area contributed by atoms with Crippen molar-refractivity contribution in [3.63, 3.8) is 0 Å². The average molecular weight is 238 g/mol. The Morgan fingerprint density at radius 3 is 2.82 bits per heavy atom. The molecule has 98 valence electrons. The SMILES string of the molecule is CCC(CCCN(C)Cc1cnn(C)c1)NC. The van der Waals surface area contributed by atoms with Crippen molar-refractivity contribution in [1.82, 2.24) is 20.0 Å². The molecule has 0 fully saturated rings. The molecule has 0 amide bonds. The topological polar surface area (TPSA) is 33.1 Å². The molecule has 1 aromatic rings. The van der Waals surface area contributed by atoms with E-state index in [0.717, 1.165) is 13.1 Å². The molecule has 1 atom stereocenters. The van der Waals surface area contributed by atoms with Gasteiger partial charge in [-0.1, -0.05) is 6.92 Å². The molecule has 4 heteroatoms. The van der Waals surface area contributed by atoms with Crippen molar-refractivity contribution < 1.29 is 0 Å². The summed E-state index contributed by atoms with van der Waals surface area (Å²) in [6.07, 6.45) is 7.74. The Morgan fingerprint density at radius 2 is 2.29 bits per heavy atom. The predicted molar refractivity (Wildman–Crippen MR) is 71.9 cm³/mol. The minimum Gasteiger partial charge on any atom is -0.317 e. The van der Waals surface area contributed by atoms with Crippen LogP contribution >= 0.6 is 0 Å². The standard InChI is InChI=1S/C13H26N4/c1-5-13(14-2)7-6-8-16(3)10-12-9-15-17(4)11-12/h9,11,13-14H,5-8,10H2,1-4H3. The van der Waals surface area contributed by atoms with Crippen molar-refractivity contribution in [2.45, 2.75) is 38.8 Å². The summed E-state index contributed by atoms with van der Waals surface area (Å²) in [5.41, 5.74) is 1.29. The number of aryl methyl sites for hydroxylation is 1. The predicted octanol–water partition coefficient (Wildman–Crippen LogP) is 1.63. The van der Waals surface area contributed by atoms with Crippen LogP contribution < -0.4 is 5.32 Å². The first kappa shape index (κ1) is 14.2. The van der Waals surface area contributed by atoms with Gasteiger partial charge in [0, 0.05) is 31.4 Å². The van der Waals surface area contributed by atoms with E-state index in [1.807, 2.05) is 25.0 Å². The molecule has 0 spiro atoms. The zero-order valence-electron chi connectivity index (χ0n) is 11.6. The number of rotatable bonds is 8. The van der Waals surface area contributed by atoms with Gasteiger partial charge in [-0.3, -0.25) is 4.68 Å². The molecular weight excluding hydrogens is 212 g/mol. The van der Waals surface area contributed by atoms with Gasteiger partial charge in [-0.15, -0.1) is 0 Å². The van der Waals surface area contributed by atoms with Crippen LogP contribution in [0.3, 0.4) is 0 Å². The molecule has 1 rings (SSSR count). The third-order valence-electron chi connectivity index (χ3n) is 3.20. The van der Waals surface area contributed by atoms with Gasteiger partial charge in [0.2, 0.25) is 0 Å². The number of nitrogens with one attached hydrogen (secondary N) is 1. The maximum absolute atomic E-state index is 4.18. The summed E-state index contributed by atoms with van der Waals surface area (Å²) in [7, 11) is 6.18. The van der Waals surface area contributed by atoms with Gasteiger partial charge >= 0.3 is 0 Å². The van der Waals surface area contributed by atoms with Crippen LogP contribution in [0.5, 0.6) is 0 Å². The van der Waals surface area contributed by atoms with Crippen LogP contribution in [0.2, 0.25) is 0 Å². The van der Waals surface area contributed by atoms with Crippen LogP contribution in [0, 0.1) is 0 Å². The lowest BCUT2D eigenvalue weighted by Crippen LogP contribution is -2.26. The van der Waals surface area contributed by atoms with E-state index in [2.05, 4.69) is 35.5 Å². The van der Waals surface area contributed by atoms with Crippen LogP contribution in [0.25, 0.3) is 0 Å². The maximum Gasteiger partial charge on any atom is 0.0534 e. The number of aromatic nitrogens is 2. The van der Waals surface area contributed by atoms with E-state index >= 15 is 0 Å². The second kappa shape index (κ2) is 7.45. The van der Waals surface area contributed by atoms with Crippen molar-refractivity contribution in [3.8, 4) is 0 Å². The molecule has 17 heavy (non-hydrogen) atoms. The summed E-state index contributed by atoms with van der Waals surface area (Å²) in [5, 5.41) is 7.53. The highest BCUT2D eigenvalue weighted by Crippen LogP contribution is 2.05. The summed E-state index contributed by atoms with van der Waals surface area (Å²) >= 11 is 0. The molecule has 0 aromatic carbocycles. The zero-order chi connectivity index (χ0) is 12.7. The fraction of sp³-hybridized carbons (Fsp3) is 0.769. The number of hydrogen-bond donors (Lipinski definition) is 1. The summed E-state index contributed by atoms with van der Waals surface area (Å²) < 4.78 is 1.86. The highest BCUT2D eigenvalue weighted by molar-refractivity contribution is 5.02. The molecule has 0 radical (unpaired) electrons. The van der Waals surface area contributed by atoms with Crippen LogP contribution in [-0.4, -0.2) is 41.4 Å². The van der Waals surface area contributed by atoms with Crippen molar-refractivity contribution in [3.05, 3.63) is 18.0 Å². The molecule has 1 N–H and O–H groups in total. The smallest absolute Gasteiger partial charge is 0.0534 e. The highest BCUT2D eigenvalue weighted by atomic mass is 15.2. The second-order valence-corrected chi connectivity index (χ2v) is 4.80. The first-order chi connectivity index (χ1) is 8.15. The van der Waals surface area contributed by atoms with Crippen molar-refractivity contribution in [1.29, 1.82) is 0 Å². The lowest BCUT2D eigenvalue weighted by Gasteiger charge is -2.18. The normalized spacial score (nSPS) is 13.2.